The van der Waals surface area contributed by atoms with E-state index in [1.54, 1.807) is 20.5 Å². The molecule has 254 valence electrons. The second kappa shape index (κ2) is 12.3. The van der Waals surface area contributed by atoms with Crippen molar-refractivity contribution in [2.45, 2.75) is 90.1 Å². The fourth-order valence-electron chi connectivity index (χ4n) is 6.55. The van der Waals surface area contributed by atoms with Crippen LogP contribution in [-0.2, 0) is 21.3 Å². The Labute approximate surface area is 274 Å². The van der Waals surface area contributed by atoms with Crippen molar-refractivity contribution < 1.29 is 23.9 Å². The van der Waals surface area contributed by atoms with Crippen LogP contribution in [0.25, 0.3) is 11.0 Å². The van der Waals surface area contributed by atoms with Gasteiger partial charge in [-0.05, 0) is 54.4 Å². The number of ether oxygens (including phenoxy) is 2. The molecule has 0 spiro atoms. The third kappa shape index (κ3) is 6.81. The fraction of sp³-hybridized carbons (Fsp3) is 0.677. The number of anilines is 1. The molecular weight excluding hydrogens is 606 g/mol. The highest BCUT2D eigenvalue weighted by Gasteiger charge is 2.45. The van der Waals surface area contributed by atoms with Crippen molar-refractivity contribution >= 4 is 34.9 Å². The molecular formula is C31H45N11O5. The van der Waals surface area contributed by atoms with E-state index in [-0.39, 0.29) is 30.6 Å². The Hall–Kier alpha value is -4.50. The lowest BCUT2D eigenvalue weighted by molar-refractivity contribution is -0.136. The summed E-state index contributed by atoms with van der Waals surface area (Å²) in [7, 11) is 1.84. The van der Waals surface area contributed by atoms with Gasteiger partial charge < -0.3 is 19.3 Å². The highest BCUT2D eigenvalue weighted by molar-refractivity contribution is 5.88. The van der Waals surface area contributed by atoms with Gasteiger partial charge in [-0.3, -0.25) is 19.3 Å². The topological polar surface area (TPSA) is 157 Å². The monoisotopic (exact) mass is 651 g/mol. The van der Waals surface area contributed by atoms with Gasteiger partial charge in [-0.1, -0.05) is 5.21 Å². The maximum absolute atomic E-state index is 14.1. The highest BCUT2D eigenvalue weighted by atomic mass is 16.6. The maximum atomic E-state index is 14.1. The number of carbonyl (C=O) groups is 3. The first kappa shape index (κ1) is 32.4. The molecule has 3 aliphatic heterocycles. The quantitative estimate of drug-likeness (QED) is 0.409. The maximum Gasteiger partial charge on any atom is 0.411 e. The zero-order valence-electron chi connectivity index (χ0n) is 28.3. The van der Waals surface area contributed by atoms with Crippen molar-refractivity contribution in [3.63, 3.8) is 0 Å². The lowest BCUT2D eigenvalue weighted by atomic mass is 10.1. The second-order valence-corrected chi connectivity index (χ2v) is 14.5. The van der Waals surface area contributed by atoms with Crippen molar-refractivity contribution in [3.05, 3.63) is 24.4 Å². The number of carbonyl (C=O) groups excluding carboxylic acids is 3. The standard InChI is InChI=1S/C31H45N11O5/c1-30(2,3)46-28(44)40-10-8-9-23(40)22-18-42(36-35-22)20-15-24(41(17-20)29(45)47-31(4,5)6)27(43)39-13-11-38(12-14-39)26-21-16-34-37(7)25(21)32-19-33-26/h16,18-20,23-24H,8-15,17H2,1-7H3/t20?,23?,24-/m0/s1. The fourth-order valence-corrected chi connectivity index (χ4v) is 6.55. The minimum atomic E-state index is -0.725. The molecule has 16 nitrogen and oxygen atoms in total. The van der Waals surface area contributed by atoms with E-state index in [0.29, 0.717) is 44.8 Å². The Bertz CT molecular complexity index is 1630. The summed E-state index contributed by atoms with van der Waals surface area (Å²) in [5.74, 6) is 0.667. The molecule has 0 aromatic carbocycles. The number of likely N-dealkylation sites (tertiary alicyclic amines) is 2. The minimum Gasteiger partial charge on any atom is -0.444 e. The van der Waals surface area contributed by atoms with Crippen LogP contribution in [0.1, 0.15) is 78.6 Å². The Morgan fingerprint density at radius 3 is 2.26 bits per heavy atom. The van der Waals surface area contributed by atoms with Crippen molar-refractivity contribution in [2.75, 3.05) is 44.2 Å². The Morgan fingerprint density at radius 1 is 0.894 bits per heavy atom. The van der Waals surface area contributed by atoms with Crippen LogP contribution in [0.2, 0.25) is 0 Å². The molecule has 2 unspecified atom stereocenters. The van der Waals surface area contributed by atoms with Gasteiger partial charge in [0, 0.05) is 52.7 Å². The van der Waals surface area contributed by atoms with Crippen molar-refractivity contribution in [2.24, 2.45) is 7.05 Å². The summed E-state index contributed by atoms with van der Waals surface area (Å²) < 4.78 is 14.8. The number of amides is 3. The van der Waals surface area contributed by atoms with E-state index in [1.807, 2.05) is 59.7 Å². The molecule has 3 saturated heterocycles. The number of hydrogen-bond acceptors (Lipinski definition) is 11. The normalized spacial score (nSPS) is 22.3. The molecule has 0 radical (unpaired) electrons. The summed E-state index contributed by atoms with van der Waals surface area (Å²) in [6.07, 6.45) is 6.16. The molecule has 0 aliphatic carbocycles. The molecule has 3 amide bonds. The Kier molecular flexibility index (Phi) is 8.47. The van der Waals surface area contributed by atoms with Gasteiger partial charge in [0.1, 0.15) is 35.1 Å². The van der Waals surface area contributed by atoms with Crippen LogP contribution in [0.3, 0.4) is 0 Å². The molecule has 3 atom stereocenters. The van der Waals surface area contributed by atoms with Gasteiger partial charge in [0.25, 0.3) is 0 Å². The number of piperazine rings is 1. The van der Waals surface area contributed by atoms with Crippen LogP contribution in [0.15, 0.2) is 18.7 Å². The van der Waals surface area contributed by atoms with E-state index >= 15 is 0 Å². The largest absolute Gasteiger partial charge is 0.444 e. The molecule has 6 heterocycles. The van der Waals surface area contributed by atoms with Crippen LogP contribution < -0.4 is 4.90 Å². The van der Waals surface area contributed by atoms with Crippen LogP contribution >= 0.6 is 0 Å². The van der Waals surface area contributed by atoms with Crippen molar-refractivity contribution in [1.82, 2.24) is 49.4 Å². The summed E-state index contributed by atoms with van der Waals surface area (Å²) in [6, 6.07) is -1.27. The first-order chi connectivity index (χ1) is 22.2. The smallest absolute Gasteiger partial charge is 0.411 e. The zero-order valence-corrected chi connectivity index (χ0v) is 28.3. The first-order valence-electron chi connectivity index (χ1n) is 16.3. The first-order valence-corrected chi connectivity index (χ1v) is 16.3. The van der Waals surface area contributed by atoms with Gasteiger partial charge in [-0.15, -0.1) is 5.10 Å². The number of rotatable bonds is 4. The van der Waals surface area contributed by atoms with E-state index < -0.39 is 23.3 Å². The molecule has 0 bridgehead atoms. The predicted octanol–water partition coefficient (Wildman–Crippen LogP) is 2.93. The number of fused-ring (bicyclic) bond motifs is 1. The van der Waals surface area contributed by atoms with Gasteiger partial charge in [-0.25, -0.2) is 24.2 Å². The Morgan fingerprint density at radius 2 is 1.57 bits per heavy atom. The molecule has 0 N–H and O–H groups in total. The predicted molar refractivity (Wildman–Crippen MR) is 170 cm³/mol. The van der Waals surface area contributed by atoms with E-state index in [1.165, 1.54) is 11.2 Å². The third-order valence-corrected chi connectivity index (χ3v) is 8.72. The number of nitrogens with zero attached hydrogens (tertiary/aromatic N) is 11. The van der Waals surface area contributed by atoms with Crippen molar-refractivity contribution in [3.8, 4) is 0 Å². The summed E-state index contributed by atoms with van der Waals surface area (Å²) in [5.41, 5.74) is 0.0837. The molecule has 3 aromatic heterocycles. The molecule has 6 rings (SSSR count). The molecule has 3 aromatic rings. The van der Waals surface area contributed by atoms with Crippen LogP contribution in [0.4, 0.5) is 15.4 Å². The minimum absolute atomic E-state index is 0.126. The zero-order chi connectivity index (χ0) is 33.7. The lowest BCUT2D eigenvalue weighted by Crippen LogP contribution is -2.55. The molecule has 3 aliphatic rings. The van der Waals surface area contributed by atoms with Gasteiger partial charge in [0.2, 0.25) is 5.91 Å². The lowest BCUT2D eigenvalue weighted by Gasteiger charge is -2.38. The third-order valence-electron chi connectivity index (χ3n) is 8.72. The van der Waals surface area contributed by atoms with E-state index in [2.05, 4.69) is 30.3 Å². The summed E-state index contributed by atoms with van der Waals surface area (Å²) >= 11 is 0. The number of aryl methyl sites for hydroxylation is 1. The van der Waals surface area contributed by atoms with E-state index in [0.717, 1.165) is 29.7 Å². The molecule has 3 fully saturated rings. The van der Waals surface area contributed by atoms with Gasteiger partial charge in [0.15, 0.2) is 5.65 Å². The number of hydrogen-bond donors (Lipinski definition) is 0. The van der Waals surface area contributed by atoms with E-state index in [9.17, 15) is 14.4 Å². The van der Waals surface area contributed by atoms with Crippen LogP contribution in [-0.4, -0.2) is 124 Å². The second-order valence-electron chi connectivity index (χ2n) is 14.5. The van der Waals surface area contributed by atoms with Crippen LogP contribution in [0.5, 0.6) is 0 Å². The molecule has 0 saturated carbocycles. The highest BCUT2D eigenvalue weighted by Crippen LogP contribution is 2.35. The van der Waals surface area contributed by atoms with Crippen molar-refractivity contribution in [1.29, 1.82) is 0 Å². The van der Waals surface area contributed by atoms with Gasteiger partial charge in [-0.2, -0.15) is 5.10 Å². The average Bonchev–Trinajstić information content (AvgIpc) is 3.81. The summed E-state index contributed by atoms with van der Waals surface area (Å²) in [4.78, 5) is 56.4. The summed E-state index contributed by atoms with van der Waals surface area (Å²) in [6.45, 7) is 13.9. The SMILES string of the molecule is Cn1ncc2c(N3CCN(C(=O)[C@@H]4CC(n5cc(C6CCCN6C(=O)OC(C)(C)C)nn5)CN4C(=O)OC(C)(C)C)CC3)ncnc21. The Balaban J connectivity index is 1.16. The van der Waals surface area contributed by atoms with Crippen LogP contribution in [0, 0.1) is 0 Å². The number of aromatic nitrogens is 7. The van der Waals surface area contributed by atoms with Gasteiger partial charge >= 0.3 is 12.2 Å². The summed E-state index contributed by atoms with van der Waals surface area (Å²) in [5, 5.41) is 14.0. The molecule has 47 heavy (non-hydrogen) atoms. The van der Waals surface area contributed by atoms with E-state index in [4.69, 9.17) is 9.47 Å². The average molecular weight is 652 g/mol. The van der Waals surface area contributed by atoms with Gasteiger partial charge in [0.05, 0.1) is 29.9 Å². The molecule has 16 heteroatoms.